The van der Waals surface area contributed by atoms with Crippen LogP contribution in [0, 0.1) is 6.92 Å². The number of rotatable bonds is 4. The highest BCUT2D eigenvalue weighted by Crippen LogP contribution is 2.26. The Labute approximate surface area is 146 Å². The van der Waals surface area contributed by atoms with Gasteiger partial charge in [0.05, 0.1) is 30.3 Å². The molecule has 0 N–H and O–H groups in total. The zero-order valence-corrected chi connectivity index (χ0v) is 14.7. The van der Waals surface area contributed by atoms with Gasteiger partial charge in [-0.1, -0.05) is 0 Å². The molecule has 0 atom stereocenters. The molecule has 7 heteroatoms. The number of fused-ring (bicyclic) bond motifs is 1. The smallest absolute Gasteiger partial charge is 0.216 e. The number of furan rings is 1. The molecule has 0 unspecified atom stereocenters. The van der Waals surface area contributed by atoms with Crippen molar-refractivity contribution in [2.75, 3.05) is 13.7 Å². The van der Waals surface area contributed by atoms with E-state index in [1.54, 1.807) is 18.1 Å². The second-order valence-corrected chi connectivity index (χ2v) is 6.30. The van der Waals surface area contributed by atoms with Crippen LogP contribution in [0.3, 0.4) is 0 Å². The average molecular weight is 339 g/mol. The summed E-state index contributed by atoms with van der Waals surface area (Å²) in [5.41, 5.74) is 4.42. The Morgan fingerprint density at radius 2 is 2.24 bits per heavy atom. The van der Waals surface area contributed by atoms with Gasteiger partial charge in [0, 0.05) is 44.9 Å². The van der Waals surface area contributed by atoms with Crippen molar-refractivity contribution in [3.63, 3.8) is 0 Å². The molecule has 0 spiro atoms. The molecule has 0 radical (unpaired) electrons. The quantitative estimate of drug-likeness (QED) is 0.727. The van der Waals surface area contributed by atoms with Crippen LogP contribution in [0.1, 0.15) is 22.5 Å². The van der Waals surface area contributed by atoms with Crippen LogP contribution in [0.15, 0.2) is 29.0 Å². The predicted molar refractivity (Wildman–Crippen MR) is 92.0 cm³/mol. The lowest BCUT2D eigenvalue weighted by molar-refractivity contribution is 0.238. The predicted octanol–water partition coefficient (Wildman–Crippen LogP) is 2.35. The summed E-state index contributed by atoms with van der Waals surface area (Å²) in [7, 11) is 3.60. The molecule has 7 nitrogen and oxygen atoms in total. The van der Waals surface area contributed by atoms with Crippen LogP contribution >= 0.6 is 0 Å². The maximum atomic E-state index is 5.50. The topological polar surface area (TPSA) is 69.2 Å². The summed E-state index contributed by atoms with van der Waals surface area (Å²) in [5.74, 6) is 2.19. The van der Waals surface area contributed by atoms with Crippen LogP contribution in [-0.2, 0) is 26.6 Å². The molecule has 130 valence electrons. The van der Waals surface area contributed by atoms with E-state index in [0.717, 1.165) is 48.9 Å². The Balaban J connectivity index is 1.54. The Kier molecular flexibility index (Phi) is 4.01. The van der Waals surface area contributed by atoms with E-state index in [0.29, 0.717) is 11.6 Å². The highest BCUT2D eigenvalue weighted by molar-refractivity contribution is 5.47. The molecule has 1 aliphatic heterocycles. The highest BCUT2D eigenvalue weighted by Gasteiger charge is 2.23. The van der Waals surface area contributed by atoms with Gasteiger partial charge < -0.3 is 9.15 Å². The van der Waals surface area contributed by atoms with Gasteiger partial charge in [0.15, 0.2) is 11.6 Å². The van der Waals surface area contributed by atoms with E-state index in [1.165, 1.54) is 5.56 Å². The number of nitrogens with zero attached hydrogens (tertiary/aromatic N) is 5. The van der Waals surface area contributed by atoms with Crippen molar-refractivity contribution in [3.05, 3.63) is 47.1 Å². The molecular formula is C18H21N5O2. The van der Waals surface area contributed by atoms with Crippen molar-refractivity contribution in [2.45, 2.75) is 26.4 Å². The molecule has 0 aliphatic carbocycles. The van der Waals surface area contributed by atoms with Crippen LogP contribution in [0.5, 0.6) is 5.88 Å². The van der Waals surface area contributed by atoms with E-state index in [2.05, 4.69) is 20.0 Å². The molecule has 0 saturated carbocycles. The number of hydrogen-bond donors (Lipinski definition) is 0. The summed E-state index contributed by atoms with van der Waals surface area (Å²) in [6, 6.07) is 3.73. The second kappa shape index (κ2) is 6.33. The molecule has 25 heavy (non-hydrogen) atoms. The van der Waals surface area contributed by atoms with Gasteiger partial charge in [-0.25, -0.2) is 14.6 Å². The summed E-state index contributed by atoms with van der Waals surface area (Å²) in [4.78, 5) is 11.5. The lowest BCUT2D eigenvalue weighted by Crippen LogP contribution is -2.31. The van der Waals surface area contributed by atoms with Gasteiger partial charge in [0.2, 0.25) is 5.88 Å². The van der Waals surface area contributed by atoms with Crippen molar-refractivity contribution in [2.24, 2.45) is 7.05 Å². The number of aryl methyl sites for hydroxylation is 2. The van der Waals surface area contributed by atoms with Gasteiger partial charge in [-0.15, -0.1) is 0 Å². The Hall–Kier alpha value is -2.67. The molecule has 3 aromatic rings. The Morgan fingerprint density at radius 3 is 3.00 bits per heavy atom. The monoisotopic (exact) mass is 339 g/mol. The minimum Gasteiger partial charge on any atom is -0.481 e. The summed E-state index contributed by atoms with van der Waals surface area (Å²) in [5, 5.41) is 4.46. The molecule has 0 fully saturated rings. The van der Waals surface area contributed by atoms with E-state index in [1.807, 2.05) is 32.3 Å². The summed E-state index contributed by atoms with van der Waals surface area (Å²) < 4.78 is 12.7. The van der Waals surface area contributed by atoms with Gasteiger partial charge in [0.1, 0.15) is 0 Å². The fraction of sp³-hybridized carbons (Fsp3) is 0.389. The highest BCUT2D eigenvalue weighted by atomic mass is 16.5. The normalized spacial score (nSPS) is 14.5. The fourth-order valence-electron chi connectivity index (χ4n) is 3.38. The molecule has 1 aliphatic rings. The largest absolute Gasteiger partial charge is 0.481 e. The van der Waals surface area contributed by atoms with Crippen LogP contribution in [0.2, 0.25) is 0 Å². The number of ether oxygens (including phenoxy) is 1. The molecule has 0 bridgehead atoms. The van der Waals surface area contributed by atoms with Crippen molar-refractivity contribution in [1.29, 1.82) is 0 Å². The van der Waals surface area contributed by atoms with Gasteiger partial charge in [-0.3, -0.25) is 4.90 Å². The van der Waals surface area contributed by atoms with Crippen LogP contribution in [-0.4, -0.2) is 38.3 Å². The molecule has 0 aromatic carbocycles. The standard InChI is InChI=1S/C18H21N5O2/c1-12-14(18(24-3)22(2)21-12)11-23-7-6-15-13(10-23)9-19-17(20-15)16-5-4-8-25-16/h4-5,8-9H,6-7,10-11H2,1-3H3. The van der Waals surface area contributed by atoms with Gasteiger partial charge in [-0.05, 0) is 19.1 Å². The first-order chi connectivity index (χ1) is 12.2. The Morgan fingerprint density at radius 1 is 1.36 bits per heavy atom. The van der Waals surface area contributed by atoms with Crippen LogP contribution < -0.4 is 4.74 Å². The molecular weight excluding hydrogens is 318 g/mol. The third kappa shape index (κ3) is 2.91. The van der Waals surface area contributed by atoms with Crippen molar-refractivity contribution in [3.8, 4) is 17.5 Å². The fourth-order valence-corrected chi connectivity index (χ4v) is 3.38. The summed E-state index contributed by atoms with van der Waals surface area (Å²) in [6.07, 6.45) is 4.45. The lowest BCUT2D eigenvalue weighted by atomic mass is 10.1. The van der Waals surface area contributed by atoms with Crippen molar-refractivity contribution < 1.29 is 9.15 Å². The minimum atomic E-state index is 0.655. The van der Waals surface area contributed by atoms with E-state index < -0.39 is 0 Å². The molecule has 3 aromatic heterocycles. The first-order valence-corrected chi connectivity index (χ1v) is 8.33. The van der Waals surface area contributed by atoms with Crippen molar-refractivity contribution in [1.82, 2.24) is 24.6 Å². The van der Waals surface area contributed by atoms with E-state index in [-0.39, 0.29) is 0 Å². The van der Waals surface area contributed by atoms with Gasteiger partial charge in [0.25, 0.3) is 0 Å². The Bertz CT molecular complexity index is 885. The summed E-state index contributed by atoms with van der Waals surface area (Å²) in [6.45, 7) is 4.60. The van der Waals surface area contributed by atoms with E-state index in [9.17, 15) is 0 Å². The molecule has 4 rings (SSSR count). The first-order valence-electron chi connectivity index (χ1n) is 8.33. The van der Waals surface area contributed by atoms with Crippen LogP contribution in [0.4, 0.5) is 0 Å². The second-order valence-electron chi connectivity index (χ2n) is 6.30. The number of hydrogen-bond acceptors (Lipinski definition) is 6. The minimum absolute atomic E-state index is 0.655. The SMILES string of the molecule is COc1c(CN2CCc3nc(-c4ccco4)ncc3C2)c(C)nn1C. The molecule has 4 heterocycles. The van der Waals surface area contributed by atoms with Gasteiger partial charge in [-0.2, -0.15) is 5.10 Å². The lowest BCUT2D eigenvalue weighted by Gasteiger charge is -2.28. The zero-order valence-electron chi connectivity index (χ0n) is 14.7. The third-order valence-electron chi connectivity index (χ3n) is 4.62. The van der Waals surface area contributed by atoms with Crippen LogP contribution in [0.25, 0.3) is 11.6 Å². The van der Waals surface area contributed by atoms with Gasteiger partial charge >= 0.3 is 0 Å². The maximum Gasteiger partial charge on any atom is 0.216 e. The number of methoxy groups -OCH3 is 1. The number of aromatic nitrogens is 4. The summed E-state index contributed by atoms with van der Waals surface area (Å²) >= 11 is 0. The zero-order chi connectivity index (χ0) is 17.4. The van der Waals surface area contributed by atoms with Crippen molar-refractivity contribution >= 4 is 0 Å². The maximum absolute atomic E-state index is 5.50. The average Bonchev–Trinajstić information content (AvgIpc) is 3.23. The first kappa shape index (κ1) is 15.8. The molecule has 0 amide bonds. The third-order valence-corrected chi connectivity index (χ3v) is 4.62. The molecule has 0 saturated heterocycles. The van der Waals surface area contributed by atoms with E-state index in [4.69, 9.17) is 9.15 Å². The van der Waals surface area contributed by atoms with E-state index >= 15 is 0 Å².